The highest BCUT2D eigenvalue weighted by Gasteiger charge is 2.36. The fourth-order valence-electron chi connectivity index (χ4n) is 5.28. The van der Waals surface area contributed by atoms with Gasteiger partial charge in [-0.15, -0.1) is 4.80 Å². The van der Waals surface area contributed by atoms with Gasteiger partial charge < -0.3 is 14.2 Å². The number of halogens is 1. The minimum atomic E-state index is -1.72. The fourth-order valence-corrected chi connectivity index (χ4v) is 6.50. The molecule has 0 radical (unpaired) electrons. The van der Waals surface area contributed by atoms with Crippen molar-refractivity contribution in [3.63, 3.8) is 0 Å². The van der Waals surface area contributed by atoms with E-state index in [1.165, 1.54) is 60.9 Å². The summed E-state index contributed by atoms with van der Waals surface area (Å²) in [4.78, 5) is 49.5. The predicted molar refractivity (Wildman–Crippen MR) is 177 cm³/mol. The highest BCUT2D eigenvalue weighted by atomic mass is 32.1. The van der Waals surface area contributed by atoms with E-state index in [1.54, 1.807) is 14.0 Å². The summed E-state index contributed by atoms with van der Waals surface area (Å²) >= 11 is 1.14. The molecular weight excluding hydrogens is 643 g/mol. The Bertz CT molecular complexity index is 1990. The van der Waals surface area contributed by atoms with Gasteiger partial charge in [-0.05, 0) is 51.0 Å². The molecule has 1 amide bonds. The van der Waals surface area contributed by atoms with Crippen LogP contribution in [0, 0.1) is 12.7 Å². The molecule has 0 unspecified atom stereocenters. The number of hydroxylamine groups is 1. The molecule has 1 atom stereocenters. The van der Waals surface area contributed by atoms with Crippen LogP contribution in [-0.4, -0.2) is 57.5 Å². The van der Waals surface area contributed by atoms with Gasteiger partial charge in [0, 0.05) is 31.5 Å². The number of thiophene rings is 1. The van der Waals surface area contributed by atoms with E-state index in [-0.39, 0.29) is 25.1 Å². The molecule has 0 aliphatic carbocycles. The van der Waals surface area contributed by atoms with Crippen molar-refractivity contribution >= 4 is 27.5 Å². The van der Waals surface area contributed by atoms with Crippen molar-refractivity contribution in [2.24, 2.45) is 0 Å². The zero-order valence-corrected chi connectivity index (χ0v) is 28.1. The van der Waals surface area contributed by atoms with Gasteiger partial charge in [-0.25, -0.2) is 19.2 Å². The first-order chi connectivity index (χ1) is 23.1. The maximum atomic E-state index is 14.6. The standard InChI is InChI=1S/C33H37FN6O7S/c1-21-27-28(41)39(33(2,3)31(42)37-47-20-22-10-7-6-8-11-22)32(43)38(30(27)48-29(21)40-35-14-15-36-40)19-26(46-17-9-16-44-4)24-18-23(34)12-13-25(24)45-5/h6-8,10-15,18,26H,9,16-17,19-20H2,1-5H3,(H,37,42)/t26-/m0/s1. The van der Waals surface area contributed by atoms with Crippen LogP contribution in [0.4, 0.5) is 4.39 Å². The van der Waals surface area contributed by atoms with Gasteiger partial charge in [0.15, 0.2) is 0 Å². The lowest BCUT2D eigenvalue weighted by Crippen LogP contribution is -2.55. The minimum Gasteiger partial charge on any atom is -0.496 e. The van der Waals surface area contributed by atoms with Crippen LogP contribution in [0.2, 0.25) is 0 Å². The number of carbonyl (C=O) groups is 1. The first kappa shape index (κ1) is 34.6. The topological polar surface area (TPSA) is 141 Å². The van der Waals surface area contributed by atoms with Crippen LogP contribution in [0.25, 0.3) is 15.2 Å². The summed E-state index contributed by atoms with van der Waals surface area (Å²) in [5.74, 6) is -0.888. The second kappa shape index (κ2) is 15.0. The number of hydrogen-bond donors (Lipinski definition) is 1. The zero-order valence-electron chi connectivity index (χ0n) is 27.3. The number of fused-ring (bicyclic) bond motifs is 1. The van der Waals surface area contributed by atoms with Crippen LogP contribution >= 0.6 is 11.3 Å². The Labute approximate surface area is 279 Å². The maximum Gasteiger partial charge on any atom is 0.333 e. The van der Waals surface area contributed by atoms with Crippen molar-refractivity contribution in [2.45, 2.75) is 52.0 Å². The summed E-state index contributed by atoms with van der Waals surface area (Å²) in [6.07, 6.45) is 2.62. The molecule has 0 aliphatic heterocycles. The Morgan fingerprint density at radius 2 is 1.79 bits per heavy atom. The molecule has 0 spiro atoms. The normalized spacial score (nSPS) is 12.4. The molecule has 3 aromatic heterocycles. The van der Waals surface area contributed by atoms with Crippen molar-refractivity contribution in [2.75, 3.05) is 27.4 Å². The molecule has 0 saturated heterocycles. The molecule has 5 aromatic rings. The Hall–Kier alpha value is -4.70. The number of nitrogens with zero attached hydrogens (tertiary/aromatic N) is 5. The molecule has 0 fully saturated rings. The number of carbonyl (C=O) groups excluding carboxylic acids is 1. The quantitative estimate of drug-likeness (QED) is 0.128. The number of nitrogens with one attached hydrogen (secondary N) is 1. The summed E-state index contributed by atoms with van der Waals surface area (Å²) in [6, 6.07) is 13.2. The Morgan fingerprint density at radius 3 is 2.48 bits per heavy atom. The van der Waals surface area contributed by atoms with Crippen molar-refractivity contribution in [3.05, 3.63) is 104 Å². The van der Waals surface area contributed by atoms with Crippen LogP contribution < -0.4 is 21.5 Å². The van der Waals surface area contributed by atoms with E-state index in [1.807, 2.05) is 30.3 Å². The minimum absolute atomic E-state index is 0.0717. The molecule has 1 N–H and O–H groups in total. The number of ether oxygens (including phenoxy) is 3. The average molecular weight is 681 g/mol. The van der Waals surface area contributed by atoms with Crippen LogP contribution in [0.1, 0.15) is 43.1 Å². The van der Waals surface area contributed by atoms with E-state index in [4.69, 9.17) is 19.0 Å². The van der Waals surface area contributed by atoms with Crippen molar-refractivity contribution in [1.29, 1.82) is 0 Å². The number of benzene rings is 2. The lowest BCUT2D eigenvalue weighted by molar-refractivity contribution is -0.142. The maximum absolute atomic E-state index is 14.6. The highest BCUT2D eigenvalue weighted by molar-refractivity contribution is 7.21. The van der Waals surface area contributed by atoms with Gasteiger partial charge in [0.05, 0.1) is 38.0 Å². The SMILES string of the molecule is COCCCO[C@@H](Cn1c(=O)n(C(C)(C)C(=O)NOCc2ccccc2)c(=O)c2c(C)c(-n3nccn3)sc21)c1cc(F)ccc1OC. The Kier molecular flexibility index (Phi) is 10.8. The van der Waals surface area contributed by atoms with Gasteiger partial charge in [0.25, 0.3) is 11.5 Å². The molecule has 254 valence electrons. The monoisotopic (exact) mass is 680 g/mol. The summed E-state index contributed by atoms with van der Waals surface area (Å²) < 4.78 is 33.8. The summed E-state index contributed by atoms with van der Waals surface area (Å²) in [6.45, 7) is 5.19. The first-order valence-electron chi connectivity index (χ1n) is 15.1. The molecule has 2 aromatic carbocycles. The number of methoxy groups -OCH3 is 2. The van der Waals surface area contributed by atoms with Crippen LogP contribution in [0.5, 0.6) is 5.75 Å². The number of aromatic nitrogens is 5. The van der Waals surface area contributed by atoms with Crippen LogP contribution in [0.15, 0.2) is 70.5 Å². The van der Waals surface area contributed by atoms with Gasteiger partial charge >= 0.3 is 5.69 Å². The number of amides is 1. The second-order valence-electron chi connectivity index (χ2n) is 11.4. The van der Waals surface area contributed by atoms with E-state index >= 15 is 0 Å². The van der Waals surface area contributed by atoms with Crippen LogP contribution in [-0.2, 0) is 37.8 Å². The molecule has 0 saturated carbocycles. The van der Waals surface area contributed by atoms with Gasteiger partial charge in [-0.3, -0.25) is 19.0 Å². The van der Waals surface area contributed by atoms with E-state index in [0.717, 1.165) is 21.5 Å². The van der Waals surface area contributed by atoms with E-state index in [9.17, 15) is 18.8 Å². The largest absolute Gasteiger partial charge is 0.496 e. The molecule has 3 heterocycles. The lowest BCUT2D eigenvalue weighted by Gasteiger charge is -2.27. The Morgan fingerprint density at radius 1 is 1.06 bits per heavy atom. The Balaban J connectivity index is 1.64. The number of rotatable bonds is 15. The van der Waals surface area contributed by atoms with Crippen LogP contribution in [0.3, 0.4) is 0 Å². The number of hydrogen-bond acceptors (Lipinski definition) is 10. The molecule has 15 heteroatoms. The lowest BCUT2D eigenvalue weighted by atomic mass is 10.0. The van der Waals surface area contributed by atoms with Crippen molar-refractivity contribution in [1.82, 2.24) is 29.6 Å². The van der Waals surface area contributed by atoms with Crippen molar-refractivity contribution in [3.8, 4) is 10.8 Å². The van der Waals surface area contributed by atoms with Gasteiger partial charge in [0.1, 0.15) is 33.0 Å². The smallest absolute Gasteiger partial charge is 0.333 e. The fraction of sp³-hybridized carbons (Fsp3) is 0.364. The molecular formula is C33H37FN6O7S. The third-order valence-electron chi connectivity index (χ3n) is 7.85. The van der Waals surface area contributed by atoms with Gasteiger partial charge in [0.2, 0.25) is 0 Å². The second-order valence-corrected chi connectivity index (χ2v) is 12.4. The first-order valence-corrected chi connectivity index (χ1v) is 16.0. The summed E-state index contributed by atoms with van der Waals surface area (Å²) in [5, 5.41) is 9.15. The molecule has 0 bridgehead atoms. The van der Waals surface area contributed by atoms with E-state index in [0.29, 0.717) is 39.7 Å². The summed E-state index contributed by atoms with van der Waals surface area (Å²) in [5.41, 5.74) is 0.910. The molecule has 0 aliphatic rings. The van der Waals surface area contributed by atoms with E-state index < -0.39 is 34.6 Å². The van der Waals surface area contributed by atoms with Gasteiger partial charge in [-0.1, -0.05) is 41.7 Å². The van der Waals surface area contributed by atoms with E-state index in [2.05, 4.69) is 15.7 Å². The average Bonchev–Trinajstić information content (AvgIpc) is 3.72. The highest BCUT2D eigenvalue weighted by Crippen LogP contribution is 2.34. The number of aryl methyl sites for hydroxylation is 1. The van der Waals surface area contributed by atoms with Gasteiger partial charge in [-0.2, -0.15) is 10.2 Å². The molecule has 13 nitrogen and oxygen atoms in total. The zero-order chi connectivity index (χ0) is 34.4. The third-order valence-corrected chi connectivity index (χ3v) is 9.13. The molecule has 5 rings (SSSR count). The van der Waals surface area contributed by atoms with Crippen molar-refractivity contribution < 1.29 is 28.2 Å². The predicted octanol–water partition coefficient (Wildman–Crippen LogP) is 4.04. The summed E-state index contributed by atoms with van der Waals surface area (Å²) in [7, 11) is 3.03. The third kappa shape index (κ3) is 7.08. The molecule has 48 heavy (non-hydrogen) atoms.